The third-order valence-corrected chi connectivity index (χ3v) is 6.18. The van der Waals surface area contributed by atoms with Crippen molar-refractivity contribution in [3.05, 3.63) is 109 Å². The molecular formula is C28H30N2O. The van der Waals surface area contributed by atoms with Crippen LogP contribution in [0.25, 0.3) is 11.1 Å². The second-order valence-corrected chi connectivity index (χ2v) is 8.19. The van der Waals surface area contributed by atoms with Crippen molar-refractivity contribution in [1.29, 1.82) is 0 Å². The van der Waals surface area contributed by atoms with Gasteiger partial charge in [0.1, 0.15) is 0 Å². The minimum atomic E-state index is -0.228. The highest BCUT2D eigenvalue weighted by atomic mass is 16.1. The summed E-state index contributed by atoms with van der Waals surface area (Å²) in [5.41, 5.74) is 4.64. The minimum absolute atomic E-state index is 0.0835. The average molecular weight is 411 g/mol. The average Bonchev–Trinajstić information content (AvgIpc) is 2.84. The monoisotopic (exact) mass is 410 g/mol. The minimum Gasteiger partial charge on any atom is -0.352 e. The van der Waals surface area contributed by atoms with Crippen LogP contribution in [0, 0.1) is 0 Å². The summed E-state index contributed by atoms with van der Waals surface area (Å²) in [6, 6.07) is 29.3. The lowest BCUT2D eigenvalue weighted by molar-refractivity contribution is -0.123. The van der Waals surface area contributed by atoms with Gasteiger partial charge in [-0.2, -0.15) is 0 Å². The van der Waals surface area contributed by atoms with Crippen LogP contribution in [-0.4, -0.2) is 25.0 Å². The Kier molecular flexibility index (Phi) is 6.96. The van der Waals surface area contributed by atoms with Crippen LogP contribution in [0.1, 0.15) is 35.8 Å². The van der Waals surface area contributed by atoms with Crippen LogP contribution in [0.3, 0.4) is 0 Å². The molecule has 1 saturated heterocycles. The molecule has 4 rings (SSSR count). The number of benzene rings is 3. The Morgan fingerprint density at radius 2 is 1.61 bits per heavy atom. The topological polar surface area (TPSA) is 41.1 Å². The molecule has 31 heavy (non-hydrogen) atoms. The Labute approximate surface area is 185 Å². The van der Waals surface area contributed by atoms with Gasteiger partial charge in [0.05, 0.1) is 5.92 Å². The third kappa shape index (κ3) is 5.12. The van der Waals surface area contributed by atoms with E-state index in [1.165, 1.54) is 11.1 Å². The molecule has 0 aliphatic carbocycles. The third-order valence-electron chi connectivity index (χ3n) is 6.18. The number of allylic oxidation sites excluding steroid dienone is 1. The molecule has 3 nitrogen and oxygen atoms in total. The first-order chi connectivity index (χ1) is 15.3. The van der Waals surface area contributed by atoms with Gasteiger partial charge in [-0.15, -0.1) is 6.58 Å². The maximum absolute atomic E-state index is 13.4. The van der Waals surface area contributed by atoms with Gasteiger partial charge in [-0.3, -0.25) is 4.79 Å². The zero-order valence-corrected chi connectivity index (χ0v) is 17.8. The predicted molar refractivity (Wildman–Crippen MR) is 128 cm³/mol. The second kappa shape index (κ2) is 10.2. The molecule has 3 aromatic rings. The normalized spacial score (nSPS) is 19.4. The Balaban J connectivity index is 1.51. The molecule has 1 fully saturated rings. The second-order valence-electron chi connectivity index (χ2n) is 8.19. The van der Waals surface area contributed by atoms with Crippen molar-refractivity contribution < 1.29 is 4.79 Å². The van der Waals surface area contributed by atoms with Gasteiger partial charge in [0.25, 0.3) is 0 Å². The van der Waals surface area contributed by atoms with Crippen molar-refractivity contribution in [2.45, 2.75) is 30.7 Å². The smallest absolute Gasteiger partial charge is 0.228 e. The van der Waals surface area contributed by atoms with Gasteiger partial charge in [-0.05, 0) is 41.6 Å². The molecule has 2 N–H and O–H groups in total. The zero-order valence-electron chi connectivity index (χ0n) is 17.8. The van der Waals surface area contributed by atoms with E-state index in [9.17, 15) is 4.79 Å². The standard InChI is InChI=1S/C28H30N2O/c1-2-9-25(24-16-14-22(15-17-24)21-10-5-3-6-11-21)28(31)30-27-18-19-29-20-26(27)23-12-7-4-8-13-23/h2-8,10-17,25-27,29H,1,9,18-20H2,(H,30,31). The van der Waals surface area contributed by atoms with Gasteiger partial charge in [0.15, 0.2) is 0 Å². The first-order valence-corrected chi connectivity index (χ1v) is 11.1. The van der Waals surface area contributed by atoms with Gasteiger partial charge in [-0.1, -0.05) is 91.0 Å². The van der Waals surface area contributed by atoms with E-state index >= 15 is 0 Å². The van der Waals surface area contributed by atoms with Crippen molar-refractivity contribution in [2.75, 3.05) is 13.1 Å². The van der Waals surface area contributed by atoms with Crippen molar-refractivity contribution in [1.82, 2.24) is 10.6 Å². The first kappa shape index (κ1) is 21.1. The van der Waals surface area contributed by atoms with E-state index in [1.807, 2.05) is 30.3 Å². The number of carbonyl (C=O) groups excluding carboxylic acids is 1. The van der Waals surface area contributed by atoms with E-state index < -0.39 is 0 Å². The van der Waals surface area contributed by atoms with Crippen LogP contribution < -0.4 is 10.6 Å². The molecule has 0 aromatic heterocycles. The highest BCUT2D eigenvalue weighted by molar-refractivity contribution is 5.84. The van der Waals surface area contributed by atoms with E-state index in [0.29, 0.717) is 6.42 Å². The van der Waals surface area contributed by atoms with Crippen molar-refractivity contribution in [3.8, 4) is 11.1 Å². The van der Waals surface area contributed by atoms with Crippen LogP contribution >= 0.6 is 0 Å². The van der Waals surface area contributed by atoms with E-state index in [4.69, 9.17) is 0 Å². The number of carbonyl (C=O) groups is 1. The Morgan fingerprint density at radius 1 is 0.968 bits per heavy atom. The highest BCUT2D eigenvalue weighted by Gasteiger charge is 2.30. The lowest BCUT2D eigenvalue weighted by atomic mass is 9.86. The number of hydrogen-bond donors (Lipinski definition) is 2. The highest BCUT2D eigenvalue weighted by Crippen LogP contribution is 2.28. The molecule has 1 amide bonds. The van der Waals surface area contributed by atoms with Gasteiger partial charge >= 0.3 is 0 Å². The summed E-state index contributed by atoms with van der Waals surface area (Å²) in [4.78, 5) is 13.4. The lowest BCUT2D eigenvalue weighted by Gasteiger charge is -2.34. The van der Waals surface area contributed by atoms with Crippen LogP contribution in [0.4, 0.5) is 0 Å². The summed E-state index contributed by atoms with van der Waals surface area (Å²) in [7, 11) is 0. The summed E-state index contributed by atoms with van der Waals surface area (Å²) < 4.78 is 0. The van der Waals surface area contributed by atoms with Gasteiger partial charge in [0.2, 0.25) is 5.91 Å². The predicted octanol–water partition coefficient (Wildman–Crippen LogP) is 5.28. The fraction of sp³-hybridized carbons (Fsp3) is 0.250. The number of amides is 1. The molecule has 3 aromatic carbocycles. The summed E-state index contributed by atoms with van der Waals surface area (Å²) in [5.74, 6) is 0.137. The summed E-state index contributed by atoms with van der Waals surface area (Å²) in [6.45, 7) is 5.70. The summed E-state index contributed by atoms with van der Waals surface area (Å²) in [5, 5.41) is 6.85. The van der Waals surface area contributed by atoms with Gasteiger partial charge in [-0.25, -0.2) is 0 Å². The van der Waals surface area contributed by atoms with Gasteiger partial charge in [0, 0.05) is 18.5 Å². The van der Waals surface area contributed by atoms with E-state index in [1.54, 1.807) is 0 Å². The van der Waals surface area contributed by atoms with Crippen molar-refractivity contribution >= 4 is 5.91 Å². The maximum atomic E-state index is 13.4. The van der Waals surface area contributed by atoms with Crippen LogP contribution in [0.15, 0.2) is 97.6 Å². The lowest BCUT2D eigenvalue weighted by Crippen LogP contribution is -2.49. The van der Waals surface area contributed by atoms with Crippen LogP contribution in [0.5, 0.6) is 0 Å². The molecule has 1 aliphatic heterocycles. The SMILES string of the molecule is C=CCC(C(=O)NC1CCNCC1c1ccccc1)c1ccc(-c2ccccc2)cc1. The molecule has 3 heteroatoms. The van der Waals surface area contributed by atoms with Crippen LogP contribution in [0.2, 0.25) is 0 Å². The molecule has 1 heterocycles. The Bertz CT molecular complexity index is 983. The number of rotatable bonds is 7. The molecule has 0 bridgehead atoms. The quantitative estimate of drug-likeness (QED) is 0.521. The van der Waals surface area contributed by atoms with Crippen molar-refractivity contribution in [2.24, 2.45) is 0 Å². The molecule has 0 spiro atoms. The van der Waals surface area contributed by atoms with E-state index in [0.717, 1.165) is 30.6 Å². The van der Waals surface area contributed by atoms with Crippen molar-refractivity contribution in [3.63, 3.8) is 0 Å². The zero-order chi connectivity index (χ0) is 21.5. The molecule has 3 unspecified atom stereocenters. The molecule has 1 aliphatic rings. The summed E-state index contributed by atoms with van der Waals surface area (Å²) >= 11 is 0. The Morgan fingerprint density at radius 3 is 2.29 bits per heavy atom. The van der Waals surface area contributed by atoms with Gasteiger partial charge < -0.3 is 10.6 Å². The number of piperidine rings is 1. The van der Waals surface area contributed by atoms with E-state index in [2.05, 4.69) is 77.9 Å². The fourth-order valence-corrected chi connectivity index (χ4v) is 4.46. The molecule has 0 radical (unpaired) electrons. The van der Waals surface area contributed by atoms with E-state index in [-0.39, 0.29) is 23.8 Å². The maximum Gasteiger partial charge on any atom is 0.228 e. The molecule has 3 atom stereocenters. The summed E-state index contributed by atoms with van der Waals surface area (Å²) in [6.07, 6.45) is 3.39. The largest absolute Gasteiger partial charge is 0.352 e. The molecule has 0 saturated carbocycles. The Hall–Kier alpha value is -3.17. The first-order valence-electron chi connectivity index (χ1n) is 11.1. The molecular weight excluding hydrogens is 380 g/mol. The molecule has 158 valence electrons. The number of hydrogen-bond acceptors (Lipinski definition) is 2. The number of nitrogens with one attached hydrogen (secondary N) is 2. The van der Waals surface area contributed by atoms with Crippen LogP contribution in [-0.2, 0) is 4.79 Å². The fourth-order valence-electron chi connectivity index (χ4n) is 4.46.